The fourth-order valence-electron chi connectivity index (χ4n) is 2.40. The monoisotopic (exact) mass is 323 g/mol. The first-order valence-corrected chi connectivity index (χ1v) is 6.62. The average Bonchev–Trinajstić information content (AvgIpc) is 2.47. The maximum atomic E-state index is 12.8. The third-order valence-corrected chi connectivity index (χ3v) is 3.40. The molecular weight excluding hydrogens is 311 g/mol. The van der Waals surface area contributed by atoms with Crippen LogP contribution in [0.1, 0.15) is 29.5 Å². The van der Waals surface area contributed by atoms with Crippen molar-refractivity contribution in [2.45, 2.75) is 19.0 Å². The number of Topliss-reactive ketones (excluding diaryl/α,β-unsaturated/α-hetero) is 1. The van der Waals surface area contributed by atoms with Crippen LogP contribution in [0.3, 0.4) is 0 Å². The number of ketones is 1. The number of rotatable bonds is 4. The highest BCUT2D eigenvalue weighted by Gasteiger charge is 2.35. The number of carbonyl (C=O) groups is 1. The molecule has 0 aliphatic heterocycles. The molecule has 2 aromatic carbocycles. The third kappa shape index (κ3) is 3.56. The van der Waals surface area contributed by atoms with E-state index in [9.17, 15) is 28.1 Å². The van der Waals surface area contributed by atoms with Gasteiger partial charge in [-0.2, -0.15) is 13.2 Å². The zero-order chi connectivity index (χ0) is 17.2. The van der Waals surface area contributed by atoms with Gasteiger partial charge in [-0.25, -0.2) is 0 Å². The molecule has 1 unspecified atom stereocenters. The topological polar surface area (TPSA) is 60.2 Å². The molecule has 0 fully saturated rings. The molecule has 0 saturated carbocycles. The minimum absolute atomic E-state index is 0.0540. The highest BCUT2D eigenvalue weighted by molar-refractivity contribution is 5.88. The summed E-state index contributed by atoms with van der Waals surface area (Å²) in [5, 5.41) is 11.2. The standard InChI is InChI=1S/C16H12F3NO3/c1-10(21)15(11-5-3-2-4-6-11)13-8-7-12(16(17,18)19)9-14(13)20(22)23/h2-9,15H,1H3. The second kappa shape index (κ2) is 6.20. The first-order chi connectivity index (χ1) is 10.7. The van der Waals surface area contributed by atoms with Crippen molar-refractivity contribution >= 4 is 11.5 Å². The summed E-state index contributed by atoms with van der Waals surface area (Å²) in [4.78, 5) is 22.2. The second-order valence-corrected chi connectivity index (χ2v) is 4.98. The van der Waals surface area contributed by atoms with E-state index < -0.39 is 28.3 Å². The normalized spacial score (nSPS) is 12.7. The third-order valence-electron chi connectivity index (χ3n) is 3.40. The van der Waals surface area contributed by atoms with Gasteiger partial charge in [0.05, 0.1) is 16.4 Å². The summed E-state index contributed by atoms with van der Waals surface area (Å²) in [6.45, 7) is 1.25. The molecule has 23 heavy (non-hydrogen) atoms. The molecule has 0 aromatic heterocycles. The van der Waals surface area contributed by atoms with E-state index in [4.69, 9.17) is 0 Å². The van der Waals surface area contributed by atoms with Gasteiger partial charge >= 0.3 is 6.18 Å². The fraction of sp³-hybridized carbons (Fsp3) is 0.188. The van der Waals surface area contributed by atoms with Gasteiger partial charge in [0.2, 0.25) is 0 Å². The maximum absolute atomic E-state index is 12.8. The van der Waals surface area contributed by atoms with Gasteiger partial charge < -0.3 is 0 Å². The number of carbonyl (C=O) groups excluding carboxylic acids is 1. The van der Waals surface area contributed by atoms with Gasteiger partial charge in [0.25, 0.3) is 5.69 Å². The molecule has 0 bridgehead atoms. The minimum atomic E-state index is -4.69. The highest BCUT2D eigenvalue weighted by atomic mass is 19.4. The van der Waals surface area contributed by atoms with E-state index in [1.807, 2.05) is 0 Å². The number of nitro groups is 1. The van der Waals surface area contributed by atoms with Crippen LogP contribution in [0, 0.1) is 10.1 Å². The molecule has 0 radical (unpaired) electrons. The number of alkyl halides is 3. The molecular formula is C16H12F3NO3. The van der Waals surface area contributed by atoms with Crippen molar-refractivity contribution in [2.24, 2.45) is 0 Å². The zero-order valence-electron chi connectivity index (χ0n) is 12.0. The summed E-state index contributed by atoms with van der Waals surface area (Å²) in [5.74, 6) is -1.38. The van der Waals surface area contributed by atoms with Gasteiger partial charge in [-0.05, 0) is 18.6 Å². The molecule has 2 rings (SSSR count). The molecule has 1 atom stereocenters. The molecule has 0 spiro atoms. The lowest BCUT2D eigenvalue weighted by atomic mass is 9.86. The van der Waals surface area contributed by atoms with Crippen LogP contribution in [0.2, 0.25) is 0 Å². The van der Waals surface area contributed by atoms with Gasteiger partial charge in [-0.3, -0.25) is 14.9 Å². The maximum Gasteiger partial charge on any atom is 0.416 e. The van der Waals surface area contributed by atoms with E-state index >= 15 is 0 Å². The van der Waals surface area contributed by atoms with Crippen LogP contribution in [-0.4, -0.2) is 10.7 Å². The van der Waals surface area contributed by atoms with Crippen molar-refractivity contribution in [1.82, 2.24) is 0 Å². The van der Waals surface area contributed by atoms with Gasteiger partial charge in [0.15, 0.2) is 0 Å². The molecule has 0 aliphatic rings. The van der Waals surface area contributed by atoms with E-state index in [1.165, 1.54) is 6.92 Å². The van der Waals surface area contributed by atoms with Crippen molar-refractivity contribution < 1.29 is 22.9 Å². The first-order valence-electron chi connectivity index (χ1n) is 6.62. The van der Waals surface area contributed by atoms with Crippen LogP contribution in [0.25, 0.3) is 0 Å². The quantitative estimate of drug-likeness (QED) is 0.621. The number of halogens is 3. The molecule has 7 heteroatoms. The van der Waals surface area contributed by atoms with Crippen molar-refractivity contribution in [3.63, 3.8) is 0 Å². The van der Waals surface area contributed by atoms with Crippen LogP contribution >= 0.6 is 0 Å². The molecule has 0 saturated heterocycles. The zero-order valence-corrected chi connectivity index (χ0v) is 12.0. The largest absolute Gasteiger partial charge is 0.416 e. The second-order valence-electron chi connectivity index (χ2n) is 4.98. The number of hydrogen-bond acceptors (Lipinski definition) is 3. The Morgan fingerprint density at radius 3 is 2.22 bits per heavy atom. The van der Waals surface area contributed by atoms with Crippen molar-refractivity contribution in [3.8, 4) is 0 Å². The molecule has 120 valence electrons. The summed E-state index contributed by atoms with van der Waals surface area (Å²) in [6.07, 6.45) is -4.69. The van der Waals surface area contributed by atoms with Crippen LogP contribution in [-0.2, 0) is 11.0 Å². The number of nitro benzene ring substituents is 1. The average molecular weight is 323 g/mol. The molecule has 0 aliphatic carbocycles. The van der Waals surface area contributed by atoms with Crippen molar-refractivity contribution in [2.75, 3.05) is 0 Å². The lowest BCUT2D eigenvalue weighted by Gasteiger charge is -2.16. The number of benzene rings is 2. The predicted molar refractivity (Wildman–Crippen MR) is 77.1 cm³/mol. The SMILES string of the molecule is CC(=O)C(c1ccccc1)c1ccc(C(F)(F)F)cc1[N+](=O)[O-]. The Kier molecular flexibility index (Phi) is 4.49. The van der Waals surface area contributed by atoms with E-state index in [2.05, 4.69) is 0 Å². The first kappa shape index (κ1) is 16.7. The van der Waals surface area contributed by atoms with E-state index in [0.717, 1.165) is 12.1 Å². The van der Waals surface area contributed by atoms with Crippen molar-refractivity contribution in [3.05, 3.63) is 75.3 Å². The Labute approximate surface area is 129 Å². The summed E-state index contributed by atoms with van der Waals surface area (Å²) < 4.78 is 38.3. The predicted octanol–water partition coefficient (Wildman–Crippen LogP) is 4.33. The lowest BCUT2D eigenvalue weighted by molar-refractivity contribution is -0.385. The molecule has 0 amide bonds. The summed E-state index contributed by atoms with van der Waals surface area (Å²) in [7, 11) is 0. The number of nitrogens with zero attached hydrogens (tertiary/aromatic N) is 1. The van der Waals surface area contributed by atoms with Crippen LogP contribution in [0.4, 0.5) is 18.9 Å². The van der Waals surface area contributed by atoms with Gasteiger partial charge in [0, 0.05) is 11.6 Å². The summed E-state index contributed by atoms with van der Waals surface area (Å²) in [5.41, 5.74) is -1.41. The lowest BCUT2D eigenvalue weighted by Crippen LogP contribution is -2.14. The van der Waals surface area contributed by atoms with Crippen LogP contribution in [0.15, 0.2) is 48.5 Å². The van der Waals surface area contributed by atoms with E-state index in [0.29, 0.717) is 11.6 Å². The minimum Gasteiger partial charge on any atom is -0.299 e. The molecule has 0 heterocycles. The summed E-state index contributed by atoms with van der Waals surface area (Å²) >= 11 is 0. The van der Waals surface area contributed by atoms with Crippen molar-refractivity contribution in [1.29, 1.82) is 0 Å². The van der Waals surface area contributed by atoms with Gasteiger partial charge in [-0.1, -0.05) is 36.4 Å². The van der Waals surface area contributed by atoms with Gasteiger partial charge in [0.1, 0.15) is 5.78 Å². The Hall–Kier alpha value is -2.70. The van der Waals surface area contributed by atoms with E-state index in [-0.39, 0.29) is 11.3 Å². The van der Waals surface area contributed by atoms with Gasteiger partial charge in [-0.15, -0.1) is 0 Å². The Bertz CT molecular complexity index is 742. The van der Waals surface area contributed by atoms with Crippen LogP contribution in [0.5, 0.6) is 0 Å². The number of hydrogen-bond donors (Lipinski definition) is 0. The molecule has 4 nitrogen and oxygen atoms in total. The molecule has 0 N–H and O–H groups in total. The van der Waals surface area contributed by atoms with Crippen LogP contribution < -0.4 is 0 Å². The Balaban J connectivity index is 2.65. The van der Waals surface area contributed by atoms with E-state index in [1.54, 1.807) is 30.3 Å². The Morgan fingerprint density at radius 1 is 1.13 bits per heavy atom. The Morgan fingerprint density at radius 2 is 1.74 bits per heavy atom. The fourth-order valence-corrected chi connectivity index (χ4v) is 2.40. The highest BCUT2D eigenvalue weighted by Crippen LogP contribution is 2.37. The molecule has 2 aromatic rings. The smallest absolute Gasteiger partial charge is 0.299 e. The summed E-state index contributed by atoms with van der Waals surface area (Å²) in [6, 6.07) is 10.4.